The van der Waals surface area contributed by atoms with Crippen molar-refractivity contribution in [3.8, 4) is 0 Å². The van der Waals surface area contributed by atoms with Crippen LogP contribution < -0.4 is 16.6 Å². The normalized spacial score (nSPS) is 16.2. The van der Waals surface area contributed by atoms with Gasteiger partial charge in [0.25, 0.3) is 5.56 Å². The molecule has 32 heavy (non-hydrogen) atoms. The minimum absolute atomic E-state index is 0.00179. The molecule has 4 rings (SSSR count). The van der Waals surface area contributed by atoms with E-state index in [4.69, 9.17) is 0 Å². The number of carbonyl (C=O) groups excluding carboxylic acids is 1. The van der Waals surface area contributed by atoms with Crippen molar-refractivity contribution >= 4 is 43.1 Å². The summed E-state index contributed by atoms with van der Waals surface area (Å²) in [6.45, 7) is 0. The van der Waals surface area contributed by atoms with Crippen LogP contribution in [-0.2, 0) is 14.6 Å². The van der Waals surface area contributed by atoms with Crippen molar-refractivity contribution in [1.82, 2.24) is 14.5 Å². The molecule has 1 aliphatic rings. The second kappa shape index (κ2) is 8.99. The molecule has 2 aromatic heterocycles. The summed E-state index contributed by atoms with van der Waals surface area (Å²) in [6, 6.07) is 2.96. The van der Waals surface area contributed by atoms with Gasteiger partial charge in [0.05, 0.1) is 15.8 Å². The Hall–Kier alpha value is -2.79. The summed E-state index contributed by atoms with van der Waals surface area (Å²) in [7, 11) is -3.51. The number of anilines is 1. The quantitative estimate of drug-likeness (QED) is 0.562. The Labute approximate surface area is 188 Å². The fourth-order valence-electron chi connectivity index (χ4n) is 4.27. The van der Waals surface area contributed by atoms with E-state index in [1.54, 1.807) is 11.6 Å². The van der Waals surface area contributed by atoms with Crippen molar-refractivity contribution < 1.29 is 13.2 Å². The Morgan fingerprint density at radius 3 is 2.69 bits per heavy atom. The molecule has 9 nitrogen and oxygen atoms in total. The van der Waals surface area contributed by atoms with Crippen LogP contribution in [0.15, 0.2) is 44.3 Å². The number of nitrogens with zero attached hydrogens (tertiary/aromatic N) is 2. The lowest BCUT2D eigenvalue weighted by Crippen LogP contribution is -2.43. The van der Waals surface area contributed by atoms with Crippen molar-refractivity contribution in [3.63, 3.8) is 0 Å². The summed E-state index contributed by atoms with van der Waals surface area (Å²) in [5.74, 6) is -0.240. The van der Waals surface area contributed by atoms with Crippen LogP contribution in [0.2, 0.25) is 0 Å². The van der Waals surface area contributed by atoms with Crippen molar-refractivity contribution in [2.24, 2.45) is 5.92 Å². The largest absolute Gasteiger partial charge is 0.329 e. The third kappa shape index (κ3) is 4.68. The Morgan fingerprint density at radius 1 is 1.28 bits per heavy atom. The molecule has 0 aliphatic heterocycles. The van der Waals surface area contributed by atoms with Crippen LogP contribution in [0.3, 0.4) is 0 Å². The van der Waals surface area contributed by atoms with E-state index >= 15 is 0 Å². The average molecular weight is 477 g/mol. The fourth-order valence-corrected chi connectivity index (χ4v) is 5.45. The summed E-state index contributed by atoms with van der Waals surface area (Å²) in [5.41, 5.74) is -1.25. The molecule has 0 unspecified atom stereocenters. The average Bonchev–Trinajstić information content (AvgIpc) is 3.25. The Bertz CT molecular complexity index is 1350. The smallest absolute Gasteiger partial charge is 0.307 e. The van der Waals surface area contributed by atoms with E-state index in [0.717, 1.165) is 42.9 Å². The molecule has 0 spiro atoms. The van der Waals surface area contributed by atoms with E-state index in [9.17, 15) is 22.8 Å². The number of sulfone groups is 1. The van der Waals surface area contributed by atoms with Gasteiger partial charge in [-0.05, 0) is 30.5 Å². The number of thiazole rings is 1. The topological polar surface area (TPSA) is 131 Å². The summed E-state index contributed by atoms with van der Waals surface area (Å²) >= 11 is 1.25. The lowest BCUT2D eigenvalue weighted by atomic mass is 9.84. The highest BCUT2D eigenvalue weighted by atomic mass is 32.2. The molecule has 1 amide bonds. The van der Waals surface area contributed by atoms with Gasteiger partial charge in [-0.2, -0.15) is 0 Å². The van der Waals surface area contributed by atoms with Gasteiger partial charge in [-0.15, -0.1) is 11.3 Å². The molecular formula is C21H24N4O5S2. The van der Waals surface area contributed by atoms with Gasteiger partial charge >= 0.3 is 5.69 Å². The standard InChI is InChI=1S/C21H24N4O5S2/c1-32(29,30)14-7-8-15-16(12-14)23-21(28)25(19(15)27)17(11-13-5-3-2-4-6-13)18(26)24-20-22-9-10-31-20/h7-10,12-13,17H,2-6,11H2,1H3,(H,23,28)(H,22,24,26)/t17-/m0/s1. The Morgan fingerprint density at radius 2 is 2.03 bits per heavy atom. The molecule has 1 fully saturated rings. The Balaban J connectivity index is 1.79. The zero-order chi connectivity index (χ0) is 22.9. The van der Waals surface area contributed by atoms with Crippen LogP contribution in [0.25, 0.3) is 10.9 Å². The molecule has 0 bridgehead atoms. The third-order valence-corrected chi connectivity index (χ3v) is 7.69. The number of rotatable bonds is 6. The molecule has 11 heteroatoms. The lowest BCUT2D eigenvalue weighted by Gasteiger charge is -2.26. The molecule has 1 aromatic carbocycles. The minimum atomic E-state index is -3.51. The monoisotopic (exact) mass is 476 g/mol. The van der Waals surface area contributed by atoms with Crippen LogP contribution >= 0.6 is 11.3 Å². The molecule has 0 saturated heterocycles. The maximum absolute atomic E-state index is 13.3. The number of H-pyrrole nitrogens is 1. The van der Waals surface area contributed by atoms with Crippen molar-refractivity contribution in [1.29, 1.82) is 0 Å². The molecule has 3 aromatic rings. The molecule has 1 atom stereocenters. The number of nitrogens with one attached hydrogen (secondary N) is 2. The van der Waals surface area contributed by atoms with Gasteiger partial charge in [-0.1, -0.05) is 32.1 Å². The van der Waals surface area contributed by atoms with Gasteiger partial charge in [0.15, 0.2) is 15.0 Å². The van der Waals surface area contributed by atoms with Crippen LogP contribution in [0.4, 0.5) is 5.13 Å². The van der Waals surface area contributed by atoms with E-state index in [0.29, 0.717) is 11.6 Å². The predicted molar refractivity (Wildman–Crippen MR) is 123 cm³/mol. The molecule has 2 N–H and O–H groups in total. The lowest BCUT2D eigenvalue weighted by molar-refractivity contribution is -0.120. The highest BCUT2D eigenvalue weighted by molar-refractivity contribution is 7.90. The number of aromatic amines is 1. The predicted octanol–water partition coefficient (Wildman–Crippen LogP) is 2.70. The third-order valence-electron chi connectivity index (χ3n) is 5.89. The van der Waals surface area contributed by atoms with Gasteiger partial charge in [0.1, 0.15) is 6.04 Å². The highest BCUT2D eigenvalue weighted by Gasteiger charge is 2.29. The number of benzene rings is 1. The second-order valence-electron chi connectivity index (χ2n) is 8.17. The van der Waals surface area contributed by atoms with Crippen molar-refractivity contribution in [2.75, 3.05) is 11.6 Å². The summed E-state index contributed by atoms with van der Waals surface area (Å²) in [4.78, 5) is 46.1. The first-order valence-corrected chi connectivity index (χ1v) is 13.2. The fraction of sp³-hybridized carbons (Fsp3) is 0.429. The summed E-state index contributed by atoms with van der Waals surface area (Å²) < 4.78 is 24.7. The van der Waals surface area contributed by atoms with Crippen molar-refractivity contribution in [2.45, 2.75) is 49.5 Å². The summed E-state index contributed by atoms with van der Waals surface area (Å²) in [5, 5.41) is 4.98. The Kier molecular flexibility index (Phi) is 6.29. The maximum atomic E-state index is 13.3. The molecular weight excluding hydrogens is 452 g/mol. The van der Waals surface area contributed by atoms with Crippen LogP contribution in [0.1, 0.15) is 44.6 Å². The SMILES string of the molecule is CS(=O)(=O)c1ccc2c(=O)n([C@@H](CC3CCCCC3)C(=O)Nc3nccs3)c(=O)[nH]c2c1. The molecule has 0 radical (unpaired) electrons. The number of hydrogen-bond acceptors (Lipinski definition) is 7. The van der Waals surface area contributed by atoms with Gasteiger partial charge < -0.3 is 10.3 Å². The number of fused-ring (bicyclic) bond motifs is 1. The zero-order valence-electron chi connectivity index (χ0n) is 17.5. The summed E-state index contributed by atoms with van der Waals surface area (Å²) in [6.07, 6.45) is 8.13. The van der Waals surface area contributed by atoms with Gasteiger partial charge in [-0.3, -0.25) is 9.59 Å². The van der Waals surface area contributed by atoms with Crippen LogP contribution in [0, 0.1) is 5.92 Å². The molecule has 1 saturated carbocycles. The van der Waals surface area contributed by atoms with Gasteiger partial charge in [-0.25, -0.2) is 22.8 Å². The molecule has 1 aliphatic carbocycles. The first-order valence-electron chi connectivity index (χ1n) is 10.4. The number of carbonyl (C=O) groups is 1. The first kappa shape index (κ1) is 22.4. The number of hydrogen-bond donors (Lipinski definition) is 2. The molecule has 170 valence electrons. The molecule has 2 heterocycles. The van der Waals surface area contributed by atoms with Crippen LogP contribution in [0.5, 0.6) is 0 Å². The highest BCUT2D eigenvalue weighted by Crippen LogP contribution is 2.31. The van der Waals surface area contributed by atoms with E-state index in [1.807, 2.05) is 0 Å². The number of amides is 1. The zero-order valence-corrected chi connectivity index (χ0v) is 19.2. The second-order valence-corrected chi connectivity index (χ2v) is 11.1. The maximum Gasteiger partial charge on any atom is 0.329 e. The van der Waals surface area contributed by atoms with E-state index < -0.39 is 33.0 Å². The number of aromatic nitrogens is 3. The first-order chi connectivity index (χ1) is 15.2. The van der Waals surface area contributed by atoms with Gasteiger partial charge in [0, 0.05) is 17.8 Å². The van der Waals surface area contributed by atoms with E-state index in [1.165, 1.54) is 29.5 Å². The van der Waals surface area contributed by atoms with E-state index in [-0.39, 0.29) is 21.7 Å². The van der Waals surface area contributed by atoms with Gasteiger partial charge in [0.2, 0.25) is 5.91 Å². The minimum Gasteiger partial charge on any atom is -0.307 e. The van der Waals surface area contributed by atoms with Crippen molar-refractivity contribution in [3.05, 3.63) is 50.6 Å². The van der Waals surface area contributed by atoms with E-state index in [2.05, 4.69) is 15.3 Å². The van der Waals surface area contributed by atoms with Crippen LogP contribution in [-0.4, -0.2) is 35.1 Å².